The van der Waals surface area contributed by atoms with Crippen molar-refractivity contribution in [2.24, 2.45) is 11.7 Å². The number of rotatable bonds is 2. The summed E-state index contributed by atoms with van der Waals surface area (Å²) in [6.45, 7) is 4.07. The molecule has 16 heavy (non-hydrogen) atoms. The van der Waals surface area contributed by atoms with Crippen molar-refractivity contribution in [1.29, 1.82) is 0 Å². The van der Waals surface area contributed by atoms with Crippen molar-refractivity contribution in [1.82, 2.24) is 0 Å². The maximum Gasteiger partial charge on any atom is 0.166 e. The average Bonchev–Trinajstić information content (AvgIpc) is 2.68. The minimum absolute atomic E-state index is 0.149. The van der Waals surface area contributed by atoms with Crippen molar-refractivity contribution in [2.75, 3.05) is 0 Å². The lowest BCUT2D eigenvalue weighted by Crippen LogP contribution is -2.18. The smallest absolute Gasteiger partial charge is 0.166 e. The van der Waals surface area contributed by atoms with E-state index in [9.17, 15) is 4.79 Å². The first-order valence-corrected chi connectivity index (χ1v) is 5.95. The summed E-state index contributed by atoms with van der Waals surface area (Å²) in [6, 6.07) is 6.17. The van der Waals surface area contributed by atoms with Gasteiger partial charge in [0.25, 0.3) is 0 Å². The first-order valence-electron chi connectivity index (χ1n) is 5.95. The molecule has 2 rings (SSSR count). The number of hydrogen-bond acceptors (Lipinski definition) is 2. The Labute approximate surface area is 96.8 Å². The van der Waals surface area contributed by atoms with Gasteiger partial charge < -0.3 is 5.73 Å². The molecule has 0 bridgehead atoms. The van der Waals surface area contributed by atoms with Gasteiger partial charge in [-0.15, -0.1) is 0 Å². The minimum Gasteiger partial charge on any atom is -0.328 e. The van der Waals surface area contributed by atoms with Gasteiger partial charge in [-0.05, 0) is 44.2 Å². The van der Waals surface area contributed by atoms with Crippen molar-refractivity contribution >= 4 is 5.78 Å². The zero-order chi connectivity index (χ0) is 11.7. The van der Waals surface area contributed by atoms with Gasteiger partial charge in [-0.25, -0.2) is 0 Å². The molecule has 0 aliphatic heterocycles. The predicted molar refractivity (Wildman–Crippen MR) is 65.6 cm³/mol. The second kappa shape index (κ2) is 4.38. The summed E-state index contributed by atoms with van der Waals surface area (Å²) in [7, 11) is 0. The molecule has 2 atom stereocenters. The highest BCUT2D eigenvalue weighted by Crippen LogP contribution is 2.28. The summed E-state index contributed by atoms with van der Waals surface area (Å²) in [5, 5.41) is 0. The molecule has 1 saturated carbocycles. The van der Waals surface area contributed by atoms with Gasteiger partial charge in [0.1, 0.15) is 0 Å². The topological polar surface area (TPSA) is 43.1 Å². The van der Waals surface area contributed by atoms with Gasteiger partial charge in [-0.3, -0.25) is 4.79 Å². The summed E-state index contributed by atoms with van der Waals surface area (Å²) in [5.41, 5.74) is 9.05. The molecule has 86 valence electrons. The average molecular weight is 217 g/mol. The monoisotopic (exact) mass is 217 g/mol. The lowest BCUT2D eigenvalue weighted by atomic mass is 9.91. The molecule has 0 amide bonds. The van der Waals surface area contributed by atoms with Crippen LogP contribution >= 0.6 is 0 Å². The molecular weight excluding hydrogens is 198 g/mol. The van der Waals surface area contributed by atoms with E-state index in [0.717, 1.165) is 30.4 Å². The van der Waals surface area contributed by atoms with Crippen LogP contribution in [-0.4, -0.2) is 11.8 Å². The largest absolute Gasteiger partial charge is 0.328 e. The van der Waals surface area contributed by atoms with Crippen molar-refractivity contribution in [2.45, 2.75) is 39.2 Å². The first-order chi connectivity index (χ1) is 7.59. The normalized spacial score (nSPS) is 24.7. The van der Waals surface area contributed by atoms with E-state index in [0.29, 0.717) is 0 Å². The zero-order valence-corrected chi connectivity index (χ0v) is 9.99. The highest BCUT2D eigenvalue weighted by Gasteiger charge is 2.29. The molecule has 2 heteroatoms. The lowest BCUT2D eigenvalue weighted by Gasteiger charge is -2.12. The maximum absolute atomic E-state index is 12.3. The van der Waals surface area contributed by atoms with Crippen molar-refractivity contribution in [3.63, 3.8) is 0 Å². The number of nitrogens with two attached hydrogens (primary N) is 1. The Kier molecular flexibility index (Phi) is 3.10. The Morgan fingerprint density at radius 1 is 1.31 bits per heavy atom. The quantitative estimate of drug-likeness (QED) is 0.774. The van der Waals surface area contributed by atoms with Gasteiger partial charge in [-0.2, -0.15) is 0 Å². The fourth-order valence-electron chi connectivity index (χ4n) is 2.49. The molecule has 0 heterocycles. The molecule has 0 radical (unpaired) electrons. The second-order valence-corrected chi connectivity index (χ2v) is 4.88. The number of Topliss-reactive ketones (excluding diaryl/α,β-unsaturated/α-hetero) is 1. The molecule has 2 N–H and O–H groups in total. The zero-order valence-electron chi connectivity index (χ0n) is 9.99. The van der Waals surface area contributed by atoms with E-state index in [2.05, 4.69) is 0 Å². The molecule has 2 nitrogen and oxygen atoms in total. The van der Waals surface area contributed by atoms with Crippen LogP contribution in [0.4, 0.5) is 0 Å². The van der Waals surface area contributed by atoms with Gasteiger partial charge in [0.05, 0.1) is 0 Å². The predicted octanol–water partition coefficient (Wildman–Crippen LogP) is 2.61. The molecule has 1 aliphatic carbocycles. The third kappa shape index (κ3) is 2.03. The van der Waals surface area contributed by atoms with Gasteiger partial charge in [0.2, 0.25) is 0 Å². The molecule has 1 aliphatic rings. The number of carbonyl (C=O) groups excluding carboxylic acids is 1. The highest BCUT2D eigenvalue weighted by molar-refractivity contribution is 5.99. The molecule has 1 aromatic carbocycles. The Bertz CT molecular complexity index is 411. The molecule has 1 fully saturated rings. The Hall–Kier alpha value is -1.15. The fraction of sp³-hybridized carbons (Fsp3) is 0.500. The van der Waals surface area contributed by atoms with Crippen LogP contribution in [0.1, 0.15) is 40.7 Å². The second-order valence-electron chi connectivity index (χ2n) is 4.88. The summed E-state index contributed by atoms with van der Waals surface area (Å²) in [6.07, 6.45) is 2.79. The number of ketones is 1. The third-order valence-corrected chi connectivity index (χ3v) is 3.71. The summed E-state index contributed by atoms with van der Waals surface area (Å²) < 4.78 is 0. The number of aryl methyl sites for hydroxylation is 1. The first kappa shape index (κ1) is 11.3. The number of carbonyl (C=O) groups is 1. The molecule has 0 aromatic heterocycles. The SMILES string of the molecule is Cc1cccc(C(=O)C2CCC(N)C2)c1C. The molecule has 1 aromatic rings. The number of benzene rings is 1. The van der Waals surface area contributed by atoms with Crippen LogP contribution in [0.3, 0.4) is 0 Å². The van der Waals surface area contributed by atoms with Crippen molar-refractivity contribution < 1.29 is 4.79 Å². The van der Waals surface area contributed by atoms with Crippen LogP contribution in [0, 0.1) is 19.8 Å². The summed E-state index contributed by atoms with van der Waals surface area (Å²) in [4.78, 5) is 12.3. The van der Waals surface area contributed by atoms with Crippen molar-refractivity contribution in [3.05, 3.63) is 34.9 Å². The Balaban J connectivity index is 2.24. The van der Waals surface area contributed by atoms with E-state index >= 15 is 0 Å². The third-order valence-electron chi connectivity index (χ3n) is 3.71. The van der Waals surface area contributed by atoms with Gasteiger partial charge in [-0.1, -0.05) is 18.2 Å². The molecular formula is C14H19NO. The highest BCUT2D eigenvalue weighted by atomic mass is 16.1. The van der Waals surface area contributed by atoms with E-state index in [1.54, 1.807) is 0 Å². The van der Waals surface area contributed by atoms with E-state index in [1.165, 1.54) is 5.56 Å². The molecule has 2 unspecified atom stereocenters. The standard InChI is InChI=1S/C14H19NO/c1-9-4-3-5-13(10(9)2)14(16)11-6-7-12(15)8-11/h3-5,11-12H,6-8,15H2,1-2H3. The van der Waals surface area contributed by atoms with Crippen LogP contribution < -0.4 is 5.73 Å². The van der Waals surface area contributed by atoms with Crippen LogP contribution in [0.5, 0.6) is 0 Å². The van der Waals surface area contributed by atoms with E-state index in [1.807, 2.05) is 32.0 Å². The summed E-state index contributed by atoms with van der Waals surface area (Å²) in [5.74, 6) is 0.435. The van der Waals surface area contributed by atoms with Gasteiger partial charge in [0, 0.05) is 17.5 Å². The van der Waals surface area contributed by atoms with Crippen molar-refractivity contribution in [3.8, 4) is 0 Å². The van der Waals surface area contributed by atoms with Gasteiger partial charge in [0.15, 0.2) is 5.78 Å². The maximum atomic E-state index is 12.3. The lowest BCUT2D eigenvalue weighted by molar-refractivity contribution is 0.0921. The molecule has 0 spiro atoms. The van der Waals surface area contributed by atoms with Crippen LogP contribution in [0.2, 0.25) is 0 Å². The van der Waals surface area contributed by atoms with E-state index < -0.39 is 0 Å². The Morgan fingerprint density at radius 2 is 2.06 bits per heavy atom. The van der Waals surface area contributed by atoms with E-state index in [-0.39, 0.29) is 17.7 Å². The molecule has 0 saturated heterocycles. The van der Waals surface area contributed by atoms with Gasteiger partial charge >= 0.3 is 0 Å². The minimum atomic E-state index is 0.149. The van der Waals surface area contributed by atoms with Crippen LogP contribution in [0.25, 0.3) is 0 Å². The number of hydrogen-bond donors (Lipinski definition) is 1. The van der Waals surface area contributed by atoms with E-state index in [4.69, 9.17) is 5.73 Å². The van der Waals surface area contributed by atoms with Crippen LogP contribution in [-0.2, 0) is 0 Å². The van der Waals surface area contributed by atoms with Crippen LogP contribution in [0.15, 0.2) is 18.2 Å². The Morgan fingerprint density at radius 3 is 2.69 bits per heavy atom. The summed E-state index contributed by atoms with van der Waals surface area (Å²) >= 11 is 0. The fourth-order valence-corrected chi connectivity index (χ4v) is 2.49.